The van der Waals surface area contributed by atoms with Crippen LogP contribution in [-0.4, -0.2) is 25.9 Å². The Morgan fingerprint density at radius 1 is 1.60 bits per heavy atom. The lowest BCUT2D eigenvalue weighted by molar-refractivity contribution is -0.138. The number of rotatable bonds is 2. The summed E-state index contributed by atoms with van der Waals surface area (Å²) in [6.07, 6.45) is 1.35. The minimum Gasteiger partial charge on any atom is -0.341 e. The van der Waals surface area contributed by atoms with Gasteiger partial charge in [0.05, 0.1) is 6.33 Å². The van der Waals surface area contributed by atoms with Crippen molar-refractivity contribution in [1.82, 2.24) is 19.9 Å². The van der Waals surface area contributed by atoms with Crippen LogP contribution in [0.2, 0.25) is 0 Å². The van der Waals surface area contributed by atoms with E-state index in [1.54, 1.807) is 0 Å². The molecule has 8 nitrogen and oxygen atoms in total. The van der Waals surface area contributed by atoms with Crippen LogP contribution in [0.3, 0.4) is 0 Å². The Labute approximate surface area is 82.7 Å². The van der Waals surface area contributed by atoms with Crippen molar-refractivity contribution in [3.8, 4) is 0 Å². The van der Waals surface area contributed by atoms with Gasteiger partial charge < -0.3 is 9.82 Å². The molecule has 8 heteroatoms. The molecule has 78 valence electrons. The highest BCUT2D eigenvalue weighted by Gasteiger charge is 2.05. The van der Waals surface area contributed by atoms with E-state index < -0.39 is 11.5 Å². The van der Waals surface area contributed by atoms with E-state index in [0.717, 1.165) is 0 Å². The highest BCUT2D eigenvalue weighted by molar-refractivity contribution is 5.70. The number of imidazole rings is 1. The van der Waals surface area contributed by atoms with Crippen LogP contribution in [0.1, 0.15) is 6.92 Å². The average molecular weight is 209 g/mol. The van der Waals surface area contributed by atoms with Crippen molar-refractivity contribution in [2.24, 2.45) is 0 Å². The van der Waals surface area contributed by atoms with Crippen LogP contribution < -0.4 is 11.0 Å². The molecular weight excluding hydrogens is 202 g/mol. The first-order valence-electron chi connectivity index (χ1n) is 4.03. The molecule has 15 heavy (non-hydrogen) atoms. The molecule has 0 fully saturated rings. The molecule has 0 spiro atoms. The average Bonchev–Trinajstić information content (AvgIpc) is 2.63. The van der Waals surface area contributed by atoms with Gasteiger partial charge in [0.1, 0.15) is 0 Å². The molecule has 0 atom stereocenters. The largest absolute Gasteiger partial charge is 0.341 e. The van der Waals surface area contributed by atoms with Crippen molar-refractivity contribution in [2.45, 2.75) is 6.92 Å². The van der Waals surface area contributed by atoms with Gasteiger partial charge in [-0.3, -0.25) is 14.6 Å². The minimum absolute atomic E-state index is 0.0230. The van der Waals surface area contributed by atoms with E-state index in [9.17, 15) is 9.59 Å². The monoisotopic (exact) mass is 209 g/mol. The Balaban J connectivity index is 2.36. The first-order chi connectivity index (χ1) is 7.16. The third-order valence-electron chi connectivity index (χ3n) is 1.59. The Kier molecular flexibility index (Phi) is 2.08. The van der Waals surface area contributed by atoms with Crippen molar-refractivity contribution >= 4 is 23.1 Å². The highest BCUT2D eigenvalue weighted by atomic mass is 16.7. The zero-order valence-electron chi connectivity index (χ0n) is 7.70. The summed E-state index contributed by atoms with van der Waals surface area (Å²) in [4.78, 5) is 39.0. The topological polar surface area (TPSA) is 113 Å². The van der Waals surface area contributed by atoms with E-state index >= 15 is 0 Å². The van der Waals surface area contributed by atoms with E-state index in [0.29, 0.717) is 0 Å². The first-order valence-corrected chi connectivity index (χ1v) is 4.03. The zero-order valence-corrected chi connectivity index (χ0v) is 7.70. The lowest BCUT2D eigenvalue weighted by Gasteiger charge is -2.02. The van der Waals surface area contributed by atoms with Gasteiger partial charge in [0.25, 0.3) is 5.56 Å². The summed E-state index contributed by atoms with van der Waals surface area (Å²) in [6.45, 7) is 1.22. The van der Waals surface area contributed by atoms with Crippen LogP contribution in [0, 0.1) is 0 Å². The molecule has 0 unspecified atom stereocenters. The molecule has 2 heterocycles. The Bertz CT molecular complexity index is 557. The molecule has 0 saturated carbocycles. The van der Waals surface area contributed by atoms with Crippen LogP contribution in [0.25, 0.3) is 11.2 Å². The number of anilines is 1. The molecule has 3 N–H and O–H groups in total. The molecule has 0 aromatic carbocycles. The highest BCUT2D eigenvalue weighted by Crippen LogP contribution is 2.02. The molecule has 0 aliphatic carbocycles. The second-order valence-electron chi connectivity index (χ2n) is 2.71. The summed E-state index contributed by atoms with van der Waals surface area (Å²) >= 11 is 0. The maximum Gasteiger partial charge on any atom is 0.329 e. The lowest BCUT2D eigenvalue weighted by Crippen LogP contribution is -2.15. The second kappa shape index (κ2) is 3.40. The summed E-state index contributed by atoms with van der Waals surface area (Å²) in [6, 6.07) is 0. The van der Waals surface area contributed by atoms with Crippen LogP contribution in [-0.2, 0) is 9.63 Å². The van der Waals surface area contributed by atoms with Crippen molar-refractivity contribution in [3.63, 3.8) is 0 Å². The number of H-pyrrole nitrogens is 2. The van der Waals surface area contributed by atoms with Gasteiger partial charge in [-0.25, -0.2) is 4.98 Å². The number of nitrogens with one attached hydrogen (secondary N) is 3. The Morgan fingerprint density at radius 3 is 3.13 bits per heavy atom. The number of carbonyl (C=O) groups excluding carboxylic acids is 1. The van der Waals surface area contributed by atoms with E-state index in [1.807, 2.05) is 0 Å². The van der Waals surface area contributed by atoms with Crippen molar-refractivity contribution < 1.29 is 9.63 Å². The van der Waals surface area contributed by atoms with E-state index in [-0.39, 0.29) is 17.1 Å². The summed E-state index contributed by atoms with van der Waals surface area (Å²) in [5.41, 5.74) is 2.31. The van der Waals surface area contributed by atoms with Crippen molar-refractivity contribution in [2.75, 3.05) is 5.48 Å². The number of carbonyl (C=O) groups is 1. The van der Waals surface area contributed by atoms with E-state index in [4.69, 9.17) is 0 Å². The van der Waals surface area contributed by atoms with Crippen molar-refractivity contribution in [1.29, 1.82) is 0 Å². The van der Waals surface area contributed by atoms with Gasteiger partial charge >= 0.3 is 5.97 Å². The lowest BCUT2D eigenvalue weighted by atomic mass is 10.5. The maximum atomic E-state index is 11.4. The number of nitrogens with zero attached hydrogens (tertiary/aromatic N) is 2. The molecule has 2 aromatic rings. The standard InChI is InChI=1S/C7H7N5O3/c1-3(13)15-12-7-10-5-4(6(14)11-7)8-2-9-5/h2H,1H3,(H3,8,9,10,11,12,14). The maximum absolute atomic E-state index is 11.4. The van der Waals surface area contributed by atoms with Gasteiger partial charge in [-0.05, 0) is 0 Å². The van der Waals surface area contributed by atoms with Gasteiger partial charge in [-0.1, -0.05) is 0 Å². The predicted octanol–water partition coefficient (Wildman–Crippen LogP) is -0.464. The van der Waals surface area contributed by atoms with Crippen molar-refractivity contribution in [3.05, 3.63) is 16.7 Å². The molecule has 0 amide bonds. The zero-order chi connectivity index (χ0) is 10.8. The molecule has 0 bridgehead atoms. The number of hydrogen-bond donors (Lipinski definition) is 3. The van der Waals surface area contributed by atoms with Crippen LogP contribution in [0.15, 0.2) is 11.1 Å². The van der Waals surface area contributed by atoms with Gasteiger partial charge in [-0.2, -0.15) is 10.5 Å². The summed E-state index contributed by atoms with van der Waals surface area (Å²) in [5.74, 6) is -0.519. The fraction of sp³-hybridized carbons (Fsp3) is 0.143. The van der Waals surface area contributed by atoms with Gasteiger partial charge in [-0.15, -0.1) is 0 Å². The van der Waals surface area contributed by atoms with Crippen LogP contribution >= 0.6 is 0 Å². The van der Waals surface area contributed by atoms with Crippen LogP contribution in [0.5, 0.6) is 0 Å². The first kappa shape index (κ1) is 9.19. The van der Waals surface area contributed by atoms with Gasteiger partial charge in [0.2, 0.25) is 5.95 Å². The fourth-order valence-corrected chi connectivity index (χ4v) is 1.01. The smallest absolute Gasteiger partial charge is 0.329 e. The molecule has 0 radical (unpaired) electrons. The predicted molar refractivity (Wildman–Crippen MR) is 49.9 cm³/mol. The summed E-state index contributed by atoms with van der Waals surface area (Å²) in [7, 11) is 0. The van der Waals surface area contributed by atoms with Crippen LogP contribution in [0.4, 0.5) is 5.95 Å². The third kappa shape index (κ3) is 1.77. The van der Waals surface area contributed by atoms with Gasteiger partial charge in [0, 0.05) is 6.92 Å². The second-order valence-corrected chi connectivity index (χ2v) is 2.71. The number of aromatic amines is 2. The number of aromatic nitrogens is 4. The third-order valence-corrected chi connectivity index (χ3v) is 1.59. The molecule has 0 aliphatic rings. The summed E-state index contributed by atoms with van der Waals surface area (Å²) in [5, 5.41) is 0. The van der Waals surface area contributed by atoms with E-state index in [2.05, 4.69) is 30.3 Å². The molecular formula is C7H7N5O3. The normalized spacial score (nSPS) is 10.2. The molecule has 0 aliphatic heterocycles. The molecule has 2 aromatic heterocycles. The number of hydrogen-bond acceptors (Lipinski definition) is 6. The van der Waals surface area contributed by atoms with E-state index in [1.165, 1.54) is 13.3 Å². The van der Waals surface area contributed by atoms with Gasteiger partial charge in [0.15, 0.2) is 11.2 Å². The number of fused-ring (bicyclic) bond motifs is 1. The SMILES string of the molecule is CC(=O)ONc1nc2nc[nH]c2c(=O)[nH]1. The Morgan fingerprint density at radius 2 is 2.40 bits per heavy atom. The minimum atomic E-state index is -0.542. The molecule has 0 saturated heterocycles. The molecule has 2 rings (SSSR count). The summed E-state index contributed by atoms with van der Waals surface area (Å²) < 4.78 is 0. The quantitative estimate of drug-likeness (QED) is 0.576. The fourth-order valence-electron chi connectivity index (χ4n) is 1.01. The Hall–Kier alpha value is -2.38.